The van der Waals surface area contributed by atoms with E-state index in [4.69, 9.17) is 0 Å². The van der Waals surface area contributed by atoms with Gasteiger partial charge in [0.25, 0.3) is 0 Å². The van der Waals surface area contributed by atoms with Gasteiger partial charge >= 0.3 is 0 Å². The van der Waals surface area contributed by atoms with Crippen molar-refractivity contribution in [2.75, 3.05) is 0 Å². The van der Waals surface area contributed by atoms with Crippen molar-refractivity contribution in [3.05, 3.63) is 142 Å². The molecule has 5 aromatic carbocycles. The molecule has 4 aliphatic carbocycles. The summed E-state index contributed by atoms with van der Waals surface area (Å²) in [4.78, 5) is 0. The second kappa shape index (κ2) is 5.64. The van der Waals surface area contributed by atoms with Crippen LogP contribution in [0, 0.1) is 0 Å². The normalized spacial score (nSPS) is 23.0. The molecular formula is C33H24. The van der Waals surface area contributed by atoms with Crippen molar-refractivity contribution in [2.45, 2.75) is 31.1 Å². The first-order chi connectivity index (χ1) is 16.1. The highest BCUT2D eigenvalue weighted by Crippen LogP contribution is 2.62. The summed E-state index contributed by atoms with van der Waals surface area (Å²) in [5, 5.41) is 2.74. The summed E-state index contributed by atoms with van der Waals surface area (Å²) >= 11 is 0. The van der Waals surface area contributed by atoms with E-state index in [1.54, 1.807) is 0 Å². The Morgan fingerprint density at radius 3 is 1.70 bits per heavy atom. The molecule has 0 spiro atoms. The van der Waals surface area contributed by atoms with Crippen molar-refractivity contribution in [3.63, 3.8) is 0 Å². The van der Waals surface area contributed by atoms with Crippen LogP contribution in [0.15, 0.2) is 97.1 Å². The molecule has 0 N–H and O–H groups in total. The molecule has 0 fully saturated rings. The van der Waals surface area contributed by atoms with Crippen molar-refractivity contribution in [3.8, 4) is 11.1 Å². The molecule has 156 valence electrons. The monoisotopic (exact) mass is 420 g/mol. The van der Waals surface area contributed by atoms with E-state index in [1.165, 1.54) is 66.4 Å². The van der Waals surface area contributed by atoms with E-state index in [1.807, 2.05) is 0 Å². The van der Waals surface area contributed by atoms with E-state index >= 15 is 0 Å². The molecule has 5 aromatic rings. The SMILES string of the molecule is CC12c3ccccc3C(C)(c3ccccc31)c1cc3c(cc12)Cc1c-3ccc2ccccc12. The molecule has 0 aromatic heterocycles. The van der Waals surface area contributed by atoms with E-state index in [9.17, 15) is 0 Å². The second-order valence-electron chi connectivity index (χ2n) is 10.4. The van der Waals surface area contributed by atoms with Gasteiger partial charge in [0.2, 0.25) is 0 Å². The Morgan fingerprint density at radius 1 is 0.515 bits per heavy atom. The smallest absolute Gasteiger partial charge is 0.0433 e. The van der Waals surface area contributed by atoms with Crippen LogP contribution in [0.5, 0.6) is 0 Å². The van der Waals surface area contributed by atoms with Crippen LogP contribution in [0.2, 0.25) is 0 Å². The van der Waals surface area contributed by atoms with Gasteiger partial charge in [0, 0.05) is 10.8 Å². The lowest BCUT2D eigenvalue weighted by Crippen LogP contribution is -2.48. The van der Waals surface area contributed by atoms with Crippen molar-refractivity contribution < 1.29 is 0 Å². The number of hydrogen-bond donors (Lipinski definition) is 0. The zero-order chi connectivity index (χ0) is 21.9. The van der Waals surface area contributed by atoms with Gasteiger partial charge in [-0.2, -0.15) is 0 Å². The minimum absolute atomic E-state index is 0.119. The van der Waals surface area contributed by atoms with Gasteiger partial charge in [-0.1, -0.05) is 91.0 Å². The third-order valence-corrected chi connectivity index (χ3v) is 9.03. The maximum atomic E-state index is 2.56. The Bertz CT molecular complexity index is 1620. The zero-order valence-corrected chi connectivity index (χ0v) is 18.9. The van der Waals surface area contributed by atoms with Gasteiger partial charge < -0.3 is 0 Å². The number of hydrogen-bond acceptors (Lipinski definition) is 0. The van der Waals surface area contributed by atoms with E-state index in [0.717, 1.165) is 6.42 Å². The summed E-state index contributed by atoms with van der Waals surface area (Å²) in [7, 11) is 0. The Balaban J connectivity index is 1.48. The molecule has 0 saturated heterocycles. The molecule has 33 heavy (non-hydrogen) atoms. The number of fused-ring (bicyclic) bond motifs is 5. The number of rotatable bonds is 0. The highest BCUT2D eigenvalue weighted by atomic mass is 14.6. The fourth-order valence-electron chi connectivity index (χ4n) is 7.42. The molecular weight excluding hydrogens is 396 g/mol. The summed E-state index contributed by atoms with van der Waals surface area (Å²) in [6.45, 7) is 4.90. The van der Waals surface area contributed by atoms with E-state index in [2.05, 4.69) is 111 Å². The average Bonchev–Trinajstić information content (AvgIpc) is 3.24. The van der Waals surface area contributed by atoms with E-state index in [-0.39, 0.29) is 10.8 Å². The van der Waals surface area contributed by atoms with Crippen LogP contribution < -0.4 is 0 Å². The Labute approximate surface area is 194 Å². The van der Waals surface area contributed by atoms with E-state index in [0.29, 0.717) is 0 Å². The zero-order valence-electron chi connectivity index (χ0n) is 18.9. The summed E-state index contributed by atoms with van der Waals surface area (Å²) < 4.78 is 0. The molecule has 4 aliphatic rings. The van der Waals surface area contributed by atoms with Crippen molar-refractivity contribution >= 4 is 10.8 Å². The summed E-state index contributed by atoms with van der Waals surface area (Å²) in [6.07, 6.45) is 1.02. The molecule has 0 nitrogen and oxygen atoms in total. The largest absolute Gasteiger partial charge is 0.0619 e. The maximum absolute atomic E-state index is 2.56. The van der Waals surface area contributed by atoms with Crippen LogP contribution in [0.3, 0.4) is 0 Å². The lowest BCUT2D eigenvalue weighted by atomic mass is 9.48. The lowest BCUT2D eigenvalue weighted by molar-refractivity contribution is 0.511. The van der Waals surface area contributed by atoms with E-state index < -0.39 is 0 Å². The quantitative estimate of drug-likeness (QED) is 0.236. The standard InChI is InChI=1S/C33H24/c1-32-26-11-5-7-13-28(26)33(2,29-14-8-6-12-27(29)32)31-19-24-21(18-30(31)32)17-25-22-10-4-3-9-20(22)15-16-23(24)25/h3-16,18-19H,17H2,1-2H3. The fourth-order valence-corrected chi connectivity index (χ4v) is 7.42. The third kappa shape index (κ3) is 1.88. The van der Waals surface area contributed by atoms with Crippen molar-refractivity contribution in [1.29, 1.82) is 0 Å². The molecule has 0 heteroatoms. The highest BCUT2D eigenvalue weighted by Gasteiger charge is 2.54. The molecule has 0 heterocycles. The summed E-state index contributed by atoms with van der Waals surface area (Å²) in [5.41, 5.74) is 14.4. The van der Waals surface area contributed by atoms with Gasteiger partial charge in [0.05, 0.1) is 0 Å². The van der Waals surface area contributed by atoms with Gasteiger partial charge in [-0.15, -0.1) is 0 Å². The lowest BCUT2D eigenvalue weighted by Gasteiger charge is -2.54. The Morgan fingerprint density at radius 2 is 1.06 bits per heavy atom. The summed E-state index contributed by atoms with van der Waals surface area (Å²) in [5.74, 6) is 0. The molecule has 0 amide bonds. The van der Waals surface area contributed by atoms with Crippen LogP contribution in [-0.2, 0) is 17.3 Å². The first kappa shape index (κ1) is 17.9. The molecule has 0 saturated carbocycles. The Kier molecular flexibility index (Phi) is 3.05. The van der Waals surface area contributed by atoms with Crippen LogP contribution in [-0.4, -0.2) is 0 Å². The van der Waals surface area contributed by atoms with Crippen LogP contribution in [0.4, 0.5) is 0 Å². The van der Waals surface area contributed by atoms with Gasteiger partial charge in [-0.05, 0) is 92.7 Å². The number of benzene rings is 5. The fraction of sp³-hybridized carbons (Fsp3) is 0.152. The molecule has 9 rings (SSSR count). The average molecular weight is 421 g/mol. The predicted molar refractivity (Wildman–Crippen MR) is 136 cm³/mol. The second-order valence-corrected chi connectivity index (χ2v) is 10.4. The Hall–Kier alpha value is -3.64. The molecule has 0 aliphatic heterocycles. The van der Waals surface area contributed by atoms with Gasteiger partial charge in [0.15, 0.2) is 0 Å². The molecule has 2 bridgehead atoms. The predicted octanol–water partition coefficient (Wildman–Crippen LogP) is 7.75. The summed E-state index contributed by atoms with van der Waals surface area (Å²) in [6, 6.07) is 36.9. The first-order valence-corrected chi connectivity index (χ1v) is 12.0. The molecule has 0 radical (unpaired) electrons. The minimum Gasteiger partial charge on any atom is -0.0619 e. The third-order valence-electron chi connectivity index (χ3n) is 9.03. The van der Waals surface area contributed by atoms with Crippen LogP contribution in [0.1, 0.15) is 58.4 Å². The van der Waals surface area contributed by atoms with Crippen LogP contribution >= 0.6 is 0 Å². The highest BCUT2D eigenvalue weighted by molar-refractivity contribution is 5.96. The van der Waals surface area contributed by atoms with Gasteiger partial charge in [0.1, 0.15) is 0 Å². The first-order valence-electron chi connectivity index (χ1n) is 12.0. The minimum atomic E-state index is -0.130. The molecule has 0 atom stereocenters. The molecule has 0 unspecified atom stereocenters. The van der Waals surface area contributed by atoms with Gasteiger partial charge in [-0.25, -0.2) is 0 Å². The topological polar surface area (TPSA) is 0 Å². The van der Waals surface area contributed by atoms with Crippen molar-refractivity contribution in [2.24, 2.45) is 0 Å². The van der Waals surface area contributed by atoms with Crippen molar-refractivity contribution in [1.82, 2.24) is 0 Å². The maximum Gasteiger partial charge on any atom is 0.0433 e. The van der Waals surface area contributed by atoms with Gasteiger partial charge in [-0.3, -0.25) is 0 Å². The van der Waals surface area contributed by atoms with Crippen LogP contribution in [0.25, 0.3) is 21.9 Å².